The number of hydrogen-bond acceptors (Lipinski definition) is 8. The van der Waals surface area contributed by atoms with Gasteiger partial charge in [0.15, 0.2) is 6.61 Å². The normalized spacial score (nSPS) is 18.0. The second-order valence-corrected chi connectivity index (χ2v) is 8.87. The minimum absolute atomic E-state index is 0.00126. The van der Waals surface area contributed by atoms with Gasteiger partial charge in [-0.2, -0.15) is 0 Å². The molecule has 2 amide bonds. The Morgan fingerprint density at radius 2 is 1.84 bits per heavy atom. The molecule has 0 aliphatic carbocycles. The van der Waals surface area contributed by atoms with Crippen LogP contribution in [0.2, 0.25) is 0 Å². The average molecular weight is 520 g/mol. The van der Waals surface area contributed by atoms with Crippen LogP contribution in [0.5, 0.6) is 17.4 Å². The van der Waals surface area contributed by atoms with Gasteiger partial charge in [0.2, 0.25) is 11.8 Å². The van der Waals surface area contributed by atoms with Gasteiger partial charge in [0.05, 0.1) is 19.9 Å². The van der Waals surface area contributed by atoms with Crippen LogP contribution in [0, 0.1) is 0 Å². The van der Waals surface area contributed by atoms with Crippen molar-refractivity contribution in [1.82, 2.24) is 15.6 Å². The predicted molar refractivity (Wildman–Crippen MR) is 138 cm³/mol. The number of fused-ring (bicyclic) bond motifs is 3. The third-order valence-electron chi connectivity index (χ3n) is 6.18. The number of nitrogens with one attached hydrogen (secondary N) is 2. The van der Waals surface area contributed by atoms with Gasteiger partial charge < -0.3 is 30.0 Å². The average Bonchev–Trinajstić information content (AvgIpc) is 2.92. The molecule has 0 spiro atoms. The number of hydrogen-bond donors (Lipinski definition) is 3. The molecule has 2 aromatic carbocycles. The molecule has 198 valence electrons. The Kier molecular flexibility index (Phi) is 8.10. The topological polar surface area (TPSA) is 136 Å². The third-order valence-corrected chi connectivity index (χ3v) is 6.18. The highest BCUT2D eigenvalue weighted by Gasteiger charge is 2.27. The zero-order valence-electron chi connectivity index (χ0n) is 21.3. The third kappa shape index (κ3) is 6.03. The van der Waals surface area contributed by atoms with Gasteiger partial charge in [0.1, 0.15) is 23.6 Å². The van der Waals surface area contributed by atoms with Crippen LogP contribution >= 0.6 is 0 Å². The summed E-state index contributed by atoms with van der Waals surface area (Å²) in [5.74, 6) is -0.867. The largest absolute Gasteiger partial charge is 0.507 e. The fraction of sp³-hybridized carbons (Fsp3) is 0.286. The SMILES string of the molecule is COC(=O)[C@@H]1Cc2cc(c(O)c(-c3cccc(OC)n3)c2)Cc2ccccc2OCC(=O)N[C@@H](C)C(=O)N1. The molecule has 10 nitrogen and oxygen atoms in total. The first kappa shape index (κ1) is 26.5. The lowest BCUT2D eigenvalue weighted by molar-refractivity contribution is -0.145. The van der Waals surface area contributed by atoms with Gasteiger partial charge in [0.25, 0.3) is 5.91 Å². The van der Waals surface area contributed by atoms with Gasteiger partial charge in [-0.1, -0.05) is 30.3 Å². The molecule has 0 radical (unpaired) electrons. The van der Waals surface area contributed by atoms with Crippen molar-refractivity contribution < 1.29 is 33.7 Å². The molecular weight excluding hydrogens is 490 g/mol. The molecule has 2 bridgehead atoms. The summed E-state index contributed by atoms with van der Waals surface area (Å²) < 4.78 is 16.0. The van der Waals surface area contributed by atoms with Crippen LogP contribution in [0.3, 0.4) is 0 Å². The Morgan fingerprint density at radius 1 is 1.05 bits per heavy atom. The lowest BCUT2D eigenvalue weighted by Gasteiger charge is -2.21. The van der Waals surface area contributed by atoms with E-state index in [1.54, 1.807) is 42.5 Å². The summed E-state index contributed by atoms with van der Waals surface area (Å²) >= 11 is 0. The summed E-state index contributed by atoms with van der Waals surface area (Å²) in [6, 6.07) is 13.9. The smallest absolute Gasteiger partial charge is 0.328 e. The zero-order chi connectivity index (χ0) is 27.2. The monoisotopic (exact) mass is 519 g/mol. The van der Waals surface area contributed by atoms with Crippen molar-refractivity contribution in [3.63, 3.8) is 0 Å². The second-order valence-electron chi connectivity index (χ2n) is 8.87. The van der Waals surface area contributed by atoms with Crippen molar-refractivity contribution in [1.29, 1.82) is 0 Å². The molecular formula is C28H29N3O7. The fourth-order valence-corrected chi connectivity index (χ4v) is 4.24. The summed E-state index contributed by atoms with van der Waals surface area (Å²) in [6.07, 6.45) is 0.335. The number of amides is 2. The molecule has 0 saturated heterocycles. The van der Waals surface area contributed by atoms with E-state index in [0.717, 1.165) is 5.56 Å². The summed E-state index contributed by atoms with van der Waals surface area (Å²) in [5.41, 5.74) is 2.83. The lowest BCUT2D eigenvalue weighted by atomic mass is 9.93. The first-order valence-electron chi connectivity index (χ1n) is 12.0. The van der Waals surface area contributed by atoms with Crippen molar-refractivity contribution >= 4 is 17.8 Å². The number of benzene rings is 2. The number of para-hydroxylation sites is 1. The molecule has 0 fully saturated rings. The number of aromatic nitrogens is 1. The number of carbonyl (C=O) groups is 3. The van der Waals surface area contributed by atoms with Crippen molar-refractivity contribution in [2.24, 2.45) is 0 Å². The number of rotatable bonds is 3. The van der Waals surface area contributed by atoms with E-state index in [-0.39, 0.29) is 25.2 Å². The highest BCUT2D eigenvalue weighted by molar-refractivity contribution is 5.91. The molecule has 38 heavy (non-hydrogen) atoms. The number of nitrogens with zero attached hydrogens (tertiary/aromatic N) is 1. The van der Waals surface area contributed by atoms with Gasteiger partial charge in [-0.05, 0) is 41.8 Å². The number of ether oxygens (including phenoxy) is 3. The van der Waals surface area contributed by atoms with Crippen LogP contribution in [0.15, 0.2) is 54.6 Å². The summed E-state index contributed by atoms with van der Waals surface area (Å²) in [7, 11) is 2.74. The Balaban J connectivity index is 1.86. The van der Waals surface area contributed by atoms with Gasteiger partial charge >= 0.3 is 5.97 Å². The highest BCUT2D eigenvalue weighted by atomic mass is 16.5. The van der Waals surface area contributed by atoms with E-state index in [1.807, 2.05) is 12.1 Å². The molecule has 3 N–H and O–H groups in total. The first-order chi connectivity index (χ1) is 18.3. The van der Waals surface area contributed by atoms with E-state index in [2.05, 4.69) is 15.6 Å². The molecule has 3 aromatic rings. The second kappa shape index (κ2) is 11.6. The Hall–Kier alpha value is -4.60. The number of aromatic hydroxyl groups is 1. The van der Waals surface area contributed by atoms with Crippen molar-refractivity contribution in [2.75, 3.05) is 20.8 Å². The van der Waals surface area contributed by atoms with Crippen molar-refractivity contribution in [3.8, 4) is 28.6 Å². The summed E-state index contributed by atoms with van der Waals surface area (Å²) in [4.78, 5) is 42.4. The number of pyridine rings is 1. The lowest BCUT2D eigenvalue weighted by Crippen LogP contribution is -2.52. The molecule has 2 heterocycles. The number of esters is 1. The molecule has 10 heteroatoms. The number of phenols is 1. The van der Waals surface area contributed by atoms with Gasteiger partial charge in [-0.25, -0.2) is 9.78 Å². The van der Waals surface area contributed by atoms with E-state index >= 15 is 0 Å². The standard InChI is InChI=1S/C28H29N3O7/c1-16-27(34)31-22(28(35)37-3)13-17-11-19(14-18-7-4-5-9-23(18)38-15-24(32)29-16)26(33)20(12-17)21-8-6-10-25(30-21)36-2/h4-12,16,22,33H,13-15H2,1-3H3,(H,29,32)(H,31,34)/t16-,22-/m0/s1. The molecule has 0 unspecified atom stereocenters. The van der Waals surface area contributed by atoms with E-state index in [0.29, 0.717) is 34.0 Å². The van der Waals surface area contributed by atoms with Crippen LogP contribution in [0.25, 0.3) is 11.3 Å². The molecule has 4 rings (SSSR count). The van der Waals surface area contributed by atoms with Gasteiger partial charge in [0, 0.05) is 24.5 Å². The first-order valence-corrected chi connectivity index (χ1v) is 12.0. The number of phenolic OH excluding ortho intramolecular Hbond substituents is 1. The van der Waals surface area contributed by atoms with Gasteiger partial charge in [-0.15, -0.1) is 0 Å². The predicted octanol–water partition coefficient (Wildman–Crippen LogP) is 2.15. The van der Waals surface area contributed by atoms with Gasteiger partial charge in [-0.3, -0.25) is 9.59 Å². The van der Waals surface area contributed by atoms with Crippen LogP contribution in [0.4, 0.5) is 0 Å². The van der Waals surface area contributed by atoms with Crippen molar-refractivity contribution in [3.05, 3.63) is 71.3 Å². The van der Waals surface area contributed by atoms with Crippen LogP contribution in [0.1, 0.15) is 23.6 Å². The van der Waals surface area contributed by atoms with E-state index < -0.39 is 29.9 Å². The van der Waals surface area contributed by atoms with E-state index in [9.17, 15) is 19.5 Å². The maximum absolute atomic E-state index is 12.8. The van der Waals surface area contributed by atoms with Crippen LogP contribution in [-0.4, -0.2) is 60.8 Å². The zero-order valence-corrected chi connectivity index (χ0v) is 21.3. The molecule has 0 saturated carbocycles. The fourth-order valence-electron chi connectivity index (χ4n) is 4.24. The Bertz CT molecular complexity index is 1360. The number of carbonyl (C=O) groups excluding carboxylic acids is 3. The quantitative estimate of drug-likeness (QED) is 0.448. The number of methoxy groups -OCH3 is 2. The minimum Gasteiger partial charge on any atom is -0.507 e. The molecule has 1 aromatic heterocycles. The van der Waals surface area contributed by atoms with Crippen molar-refractivity contribution in [2.45, 2.75) is 31.8 Å². The summed E-state index contributed by atoms with van der Waals surface area (Å²) in [5, 5.41) is 16.6. The maximum Gasteiger partial charge on any atom is 0.328 e. The van der Waals surface area contributed by atoms with Crippen LogP contribution < -0.4 is 20.1 Å². The molecule has 1 aliphatic heterocycles. The molecule has 1 aliphatic rings. The van der Waals surface area contributed by atoms with Crippen LogP contribution in [-0.2, 0) is 32.0 Å². The molecule has 2 atom stereocenters. The maximum atomic E-state index is 12.8. The Labute approximate surface area is 219 Å². The Morgan fingerprint density at radius 3 is 2.61 bits per heavy atom. The minimum atomic E-state index is -1.04. The highest BCUT2D eigenvalue weighted by Crippen LogP contribution is 2.36. The van der Waals surface area contributed by atoms with E-state index in [1.165, 1.54) is 21.1 Å². The van der Waals surface area contributed by atoms with E-state index in [4.69, 9.17) is 14.2 Å². The summed E-state index contributed by atoms with van der Waals surface area (Å²) in [6.45, 7) is 1.19.